The zero-order valence-corrected chi connectivity index (χ0v) is 56.1. The summed E-state index contributed by atoms with van der Waals surface area (Å²) in [6.07, 6.45) is -11.6. The molecule has 12 aromatic carbocycles. The lowest BCUT2D eigenvalue weighted by atomic mass is 10.2. The van der Waals surface area contributed by atoms with E-state index in [1.807, 2.05) is 0 Å². The Balaban J connectivity index is 0.000000169. The molecule has 99 heavy (non-hydrogen) atoms. The van der Waals surface area contributed by atoms with Gasteiger partial charge in [-0.25, -0.2) is 9.53 Å². The van der Waals surface area contributed by atoms with Crippen LogP contribution >= 0.6 is 0 Å². The van der Waals surface area contributed by atoms with Gasteiger partial charge in [0.25, 0.3) is 0 Å². The molecule has 0 saturated carbocycles. The van der Waals surface area contributed by atoms with Gasteiger partial charge in [-0.3, -0.25) is 9.59 Å². The summed E-state index contributed by atoms with van der Waals surface area (Å²) in [5.74, 6) is -10.5. The van der Waals surface area contributed by atoms with Crippen LogP contribution in [0.1, 0.15) is 12.8 Å². The van der Waals surface area contributed by atoms with Crippen LogP contribution in [0, 0.1) is 0 Å². The molecule has 12 aromatic rings. The van der Waals surface area contributed by atoms with E-state index < -0.39 is 54.7 Å². The number of hydrogen-bond donors (Lipinski definition) is 2. The number of ether oxygens (including phenoxy) is 1. The third-order valence-corrected chi connectivity index (χ3v) is 22.2. The molecule has 0 heterocycles. The van der Waals surface area contributed by atoms with Gasteiger partial charge in [0.05, 0.1) is 50.0 Å². The van der Waals surface area contributed by atoms with Gasteiger partial charge in [-0.05, 0) is 146 Å². The number of alkyl halides is 4. The maximum absolute atomic E-state index is 11.8. The molecule has 0 amide bonds. The molecule has 500 valence electrons. The number of aliphatic carboxylic acids is 4. The summed E-state index contributed by atoms with van der Waals surface area (Å²) in [4.78, 5) is 64.8. The first-order chi connectivity index (χ1) is 47.9. The summed E-state index contributed by atoms with van der Waals surface area (Å²) in [6, 6.07) is 129. The monoisotopic (exact) mass is 1400 g/mol. The Morgan fingerprint density at radius 1 is 0.273 bits per heavy atom. The van der Waals surface area contributed by atoms with Gasteiger partial charge in [-0.2, -0.15) is 17.6 Å². The summed E-state index contributed by atoms with van der Waals surface area (Å²) in [5.41, 5.74) is 0. The van der Waals surface area contributed by atoms with Crippen molar-refractivity contribution in [2.24, 2.45) is 0 Å². The van der Waals surface area contributed by atoms with E-state index in [0.717, 1.165) is 0 Å². The highest BCUT2D eigenvalue weighted by molar-refractivity contribution is 7.98. The number of benzene rings is 12. The van der Waals surface area contributed by atoms with Crippen molar-refractivity contribution in [1.82, 2.24) is 0 Å². The van der Waals surface area contributed by atoms with E-state index in [4.69, 9.17) is 10.2 Å². The Bertz CT molecular complexity index is 3440. The standard InChI is InChI=1S/4C18H15S.C5H6O5.C4H2F4O5/c4*1-4-10-16(11-5-1)19(17-12-6-2-7-13-17)18-14-8-3-9-15-18;6-3(5(9)10)1-2-4(7)8;5-3(6,1(9)10)13-4(7,8)2(11)12/h4*1-15H;1-2H2,(H,7,8)(H,9,10);(H,9,10)(H,11,12)/q4*+1;;/p-2. The summed E-state index contributed by atoms with van der Waals surface area (Å²) >= 11 is 0. The van der Waals surface area contributed by atoms with Gasteiger partial charge in [0.15, 0.2) is 64.5 Å². The number of carboxylic acid groups (broad SMARTS) is 4. The van der Waals surface area contributed by atoms with Crippen molar-refractivity contribution in [3.8, 4) is 0 Å². The minimum absolute atomic E-state index is 0.0146. The molecule has 12 rings (SSSR count). The fraction of sp³-hybridized carbons (Fsp3) is 0.0494. The van der Waals surface area contributed by atoms with Gasteiger partial charge in [0.2, 0.25) is 0 Å². The number of hydrogen-bond acceptors (Lipinski definition) is 8. The fourth-order valence-electron chi connectivity index (χ4n) is 8.88. The molecule has 0 atom stereocenters. The Hall–Kier alpha value is -10.7. The lowest BCUT2D eigenvalue weighted by Gasteiger charge is -2.20. The Labute approximate surface area is 583 Å². The summed E-state index contributed by atoms with van der Waals surface area (Å²) in [7, 11) is -0.0585. The Kier molecular flexibility index (Phi) is 30.6. The second kappa shape index (κ2) is 40.1. The highest BCUT2D eigenvalue weighted by Gasteiger charge is 2.51. The SMILES string of the molecule is O=C(O)CCC(=O)C(=O)[O-].O=C([O-])C(F)(F)OC(F)(F)C(=O)O.c1ccc([S+](c2ccccc2)c2ccccc2)cc1.c1ccc([S+](c2ccccc2)c2ccccc2)cc1.c1ccc([S+](c2ccccc2)c2ccccc2)cc1.c1ccc([S+](c2ccccc2)c2ccccc2)cc1. The second-order valence-corrected chi connectivity index (χ2v) is 28.4. The van der Waals surface area contributed by atoms with E-state index in [-0.39, 0.29) is 43.6 Å². The van der Waals surface area contributed by atoms with Crippen molar-refractivity contribution in [2.45, 2.75) is 83.8 Å². The lowest BCUT2D eigenvalue weighted by Crippen LogP contribution is -2.49. The lowest BCUT2D eigenvalue weighted by molar-refractivity contribution is -0.401. The molecule has 0 spiro atoms. The topological polar surface area (TPSA) is 181 Å². The minimum Gasteiger partial charge on any atom is -0.542 e. The first-order valence-corrected chi connectivity index (χ1v) is 35.3. The number of rotatable bonds is 20. The van der Waals surface area contributed by atoms with Crippen LogP contribution in [0.25, 0.3) is 0 Å². The van der Waals surface area contributed by atoms with Crippen LogP contribution in [-0.2, 0) is 72.3 Å². The van der Waals surface area contributed by atoms with Gasteiger partial charge >= 0.3 is 24.2 Å². The van der Waals surface area contributed by atoms with Crippen molar-refractivity contribution in [2.75, 3.05) is 0 Å². The van der Waals surface area contributed by atoms with Crippen molar-refractivity contribution >= 4 is 73.2 Å². The van der Waals surface area contributed by atoms with Gasteiger partial charge in [-0.15, -0.1) is 0 Å². The molecule has 0 aliphatic rings. The minimum atomic E-state index is -5.36. The maximum atomic E-state index is 11.8. The van der Waals surface area contributed by atoms with E-state index in [1.165, 1.54) is 58.7 Å². The van der Waals surface area contributed by atoms with Crippen LogP contribution < -0.4 is 10.2 Å². The number of carbonyl (C=O) groups is 5. The van der Waals surface area contributed by atoms with Crippen LogP contribution in [0.3, 0.4) is 0 Å². The average Bonchev–Trinajstić information content (AvgIpc) is 0.891. The van der Waals surface area contributed by atoms with Gasteiger partial charge in [0, 0.05) is 6.42 Å². The first kappa shape index (κ1) is 75.6. The van der Waals surface area contributed by atoms with E-state index in [0.29, 0.717) is 0 Å². The van der Waals surface area contributed by atoms with Crippen molar-refractivity contribution in [3.05, 3.63) is 364 Å². The zero-order valence-electron chi connectivity index (χ0n) is 52.9. The normalized spacial score (nSPS) is 10.7. The molecule has 0 bridgehead atoms. The number of Topliss-reactive ketones (excluding diaryl/α,β-unsaturated/α-hetero) is 1. The van der Waals surface area contributed by atoms with Gasteiger partial charge in [0.1, 0.15) is 11.9 Å². The highest BCUT2D eigenvalue weighted by atomic mass is 32.2. The van der Waals surface area contributed by atoms with E-state index in [1.54, 1.807) is 0 Å². The Morgan fingerprint density at radius 3 is 0.535 bits per heavy atom. The molecule has 0 aliphatic carbocycles. The molecule has 0 fully saturated rings. The van der Waals surface area contributed by atoms with E-state index >= 15 is 0 Å². The van der Waals surface area contributed by atoms with Gasteiger partial charge < -0.3 is 30.0 Å². The maximum Gasteiger partial charge on any atom is 0.460 e. The molecule has 0 aliphatic heterocycles. The largest absolute Gasteiger partial charge is 0.542 e. The first-order valence-electron chi connectivity index (χ1n) is 30.4. The van der Waals surface area contributed by atoms with Crippen LogP contribution in [0.4, 0.5) is 17.6 Å². The number of halogens is 4. The third-order valence-electron chi connectivity index (χ3n) is 13.3. The van der Waals surface area contributed by atoms with Crippen LogP contribution in [-0.4, -0.2) is 52.1 Å². The van der Waals surface area contributed by atoms with E-state index in [9.17, 15) is 51.7 Å². The van der Waals surface area contributed by atoms with Crippen molar-refractivity contribution in [3.63, 3.8) is 0 Å². The van der Waals surface area contributed by atoms with Crippen LogP contribution in [0.15, 0.2) is 423 Å². The molecule has 0 radical (unpaired) electrons. The Morgan fingerprint density at radius 2 is 0.424 bits per heavy atom. The predicted octanol–water partition coefficient (Wildman–Crippen LogP) is 16.3. The molecular weight excluding hydrogens is 1340 g/mol. The smallest absolute Gasteiger partial charge is 0.460 e. The molecular formula is C81H66F4O10S4+2. The highest BCUT2D eigenvalue weighted by Crippen LogP contribution is 2.35. The summed E-state index contributed by atoms with van der Waals surface area (Å²) in [5, 5.41) is 34.6. The third kappa shape index (κ3) is 24.7. The molecule has 18 heteroatoms. The molecule has 0 saturated heterocycles. The van der Waals surface area contributed by atoms with Gasteiger partial charge in [-0.1, -0.05) is 218 Å². The van der Waals surface area contributed by atoms with Crippen molar-refractivity contribution < 1.29 is 66.7 Å². The van der Waals surface area contributed by atoms with Crippen LogP contribution in [0.5, 0.6) is 0 Å². The van der Waals surface area contributed by atoms with E-state index in [2.05, 4.69) is 369 Å². The number of carbonyl (C=O) groups excluding carboxylic acids is 3. The molecule has 10 nitrogen and oxygen atoms in total. The molecule has 2 N–H and O–H groups in total. The van der Waals surface area contributed by atoms with Crippen molar-refractivity contribution in [1.29, 1.82) is 0 Å². The molecule has 0 unspecified atom stereocenters. The summed E-state index contributed by atoms with van der Waals surface area (Å²) in [6.45, 7) is 0. The number of carboxylic acids is 4. The number of ketones is 1. The zero-order chi connectivity index (χ0) is 70.7. The molecule has 0 aromatic heterocycles. The predicted molar refractivity (Wildman–Crippen MR) is 376 cm³/mol. The average molecular weight is 1400 g/mol. The summed E-state index contributed by atoms with van der Waals surface area (Å²) < 4.78 is 49.4. The quantitative estimate of drug-likeness (QED) is 0.0423. The fourth-order valence-corrected chi connectivity index (χ4v) is 17.3. The van der Waals surface area contributed by atoms with Crippen LogP contribution in [0.2, 0.25) is 0 Å². The second-order valence-electron chi connectivity index (χ2n) is 20.3.